The summed E-state index contributed by atoms with van der Waals surface area (Å²) in [7, 11) is 0. The van der Waals surface area contributed by atoms with Gasteiger partial charge in [0.05, 0.1) is 29.0 Å². The Kier molecular flexibility index (Phi) is 3.96. The number of rotatable bonds is 2. The molecule has 0 unspecified atom stereocenters. The monoisotopic (exact) mass is 380 g/mol. The maximum atomic E-state index is 13.0. The summed E-state index contributed by atoms with van der Waals surface area (Å²) in [6.45, 7) is 0. The van der Waals surface area contributed by atoms with Crippen LogP contribution >= 0.6 is 0 Å². The second-order valence-electron chi connectivity index (χ2n) is 6.01. The van der Waals surface area contributed by atoms with E-state index in [2.05, 4.69) is 21.1 Å². The van der Waals surface area contributed by atoms with Crippen LogP contribution in [-0.4, -0.2) is 19.7 Å². The minimum atomic E-state index is -4.57. The molecule has 0 bridgehead atoms. The van der Waals surface area contributed by atoms with Gasteiger partial charge in [0.2, 0.25) is 0 Å². The van der Waals surface area contributed by atoms with Gasteiger partial charge < -0.3 is 5.73 Å². The topological polar surface area (TPSA) is 93.4 Å². The molecule has 0 atom stereocenters. The molecule has 0 spiro atoms. The van der Waals surface area contributed by atoms with Crippen molar-refractivity contribution in [3.8, 4) is 23.0 Å². The fraction of sp³-hybridized carbons (Fsp3) is 0.0526. The van der Waals surface area contributed by atoms with Crippen molar-refractivity contribution >= 4 is 16.6 Å². The molecule has 0 aliphatic heterocycles. The third-order valence-corrected chi connectivity index (χ3v) is 4.14. The van der Waals surface area contributed by atoms with Crippen molar-refractivity contribution in [2.75, 3.05) is 5.73 Å². The zero-order chi connectivity index (χ0) is 19.9. The van der Waals surface area contributed by atoms with Crippen LogP contribution in [0.15, 0.2) is 55.0 Å². The maximum Gasteiger partial charge on any atom is 0.433 e. The fourth-order valence-electron chi connectivity index (χ4n) is 2.88. The Balaban J connectivity index is 1.95. The first-order valence-corrected chi connectivity index (χ1v) is 8.04. The minimum Gasteiger partial charge on any atom is -0.397 e. The molecule has 9 heteroatoms. The molecule has 1 aromatic carbocycles. The Morgan fingerprint density at radius 2 is 1.86 bits per heavy atom. The fourth-order valence-corrected chi connectivity index (χ4v) is 2.88. The molecule has 0 saturated heterocycles. The van der Waals surface area contributed by atoms with Crippen LogP contribution in [-0.2, 0) is 6.18 Å². The predicted octanol–water partition coefficient (Wildman–Crippen LogP) is 3.96. The highest BCUT2D eigenvalue weighted by molar-refractivity contribution is 5.90. The van der Waals surface area contributed by atoms with Gasteiger partial charge in [-0.25, -0.2) is 9.67 Å². The average molecular weight is 380 g/mol. The van der Waals surface area contributed by atoms with Gasteiger partial charge in [0.1, 0.15) is 5.69 Å². The van der Waals surface area contributed by atoms with Crippen molar-refractivity contribution in [2.24, 2.45) is 0 Å². The smallest absolute Gasteiger partial charge is 0.397 e. The molecule has 0 saturated carbocycles. The molecule has 138 valence electrons. The Hall–Kier alpha value is -3.93. The number of nitrogen functional groups attached to an aromatic ring is 1. The van der Waals surface area contributed by atoms with E-state index in [9.17, 15) is 18.4 Å². The highest BCUT2D eigenvalue weighted by Gasteiger charge is 2.32. The van der Waals surface area contributed by atoms with Gasteiger partial charge in [-0.3, -0.25) is 4.98 Å². The molecular weight excluding hydrogens is 369 g/mol. The van der Waals surface area contributed by atoms with Crippen molar-refractivity contribution in [1.82, 2.24) is 19.7 Å². The lowest BCUT2D eigenvalue weighted by molar-refractivity contribution is -0.141. The predicted molar refractivity (Wildman–Crippen MR) is 96.2 cm³/mol. The lowest BCUT2D eigenvalue weighted by Crippen LogP contribution is -2.10. The summed E-state index contributed by atoms with van der Waals surface area (Å²) in [6, 6.07) is 10.7. The number of nitrogens with zero attached hydrogens (tertiary/aromatic N) is 5. The summed E-state index contributed by atoms with van der Waals surface area (Å²) < 4.78 is 40.3. The Bertz CT molecular complexity index is 1240. The first kappa shape index (κ1) is 17.5. The molecule has 0 amide bonds. The highest BCUT2D eigenvalue weighted by atomic mass is 19.4. The van der Waals surface area contributed by atoms with E-state index in [1.54, 1.807) is 24.4 Å². The SMILES string of the molecule is N#Cc1cc(-c2cncc(N)c2)cc2c1cnn2-c1cccc(C(F)(F)F)n1. The summed E-state index contributed by atoms with van der Waals surface area (Å²) in [5, 5.41) is 14.1. The van der Waals surface area contributed by atoms with Gasteiger partial charge in [0.25, 0.3) is 0 Å². The largest absolute Gasteiger partial charge is 0.433 e. The number of nitriles is 1. The highest BCUT2D eigenvalue weighted by Crippen LogP contribution is 2.31. The number of aromatic nitrogens is 4. The number of halogens is 3. The molecule has 0 fully saturated rings. The van der Waals surface area contributed by atoms with E-state index in [1.165, 1.54) is 29.2 Å². The zero-order valence-corrected chi connectivity index (χ0v) is 14.1. The van der Waals surface area contributed by atoms with Crippen molar-refractivity contribution in [3.63, 3.8) is 0 Å². The van der Waals surface area contributed by atoms with Gasteiger partial charge in [-0.05, 0) is 35.9 Å². The van der Waals surface area contributed by atoms with Gasteiger partial charge in [-0.15, -0.1) is 0 Å². The van der Waals surface area contributed by atoms with Crippen LogP contribution in [0.25, 0.3) is 27.8 Å². The average Bonchev–Trinajstić information content (AvgIpc) is 3.11. The standard InChI is InChI=1S/C19H11F3N6/c20-19(21,22)17-2-1-3-18(27-17)28-16-6-11(13-5-14(24)9-25-8-13)4-12(7-23)15(16)10-26-28/h1-6,8-10H,24H2. The van der Waals surface area contributed by atoms with E-state index in [0.717, 1.165) is 6.07 Å². The zero-order valence-electron chi connectivity index (χ0n) is 14.1. The minimum absolute atomic E-state index is 0.00318. The van der Waals surface area contributed by atoms with Crippen LogP contribution in [0.1, 0.15) is 11.3 Å². The second kappa shape index (κ2) is 6.35. The number of anilines is 1. The molecule has 3 aromatic heterocycles. The molecule has 2 N–H and O–H groups in total. The van der Waals surface area contributed by atoms with Gasteiger partial charge in [0.15, 0.2) is 5.82 Å². The molecule has 4 rings (SSSR count). The molecule has 0 aliphatic carbocycles. The van der Waals surface area contributed by atoms with Gasteiger partial charge in [-0.1, -0.05) is 6.07 Å². The van der Waals surface area contributed by atoms with Crippen LogP contribution in [0.4, 0.5) is 18.9 Å². The molecule has 0 radical (unpaired) electrons. The third-order valence-electron chi connectivity index (χ3n) is 4.14. The molecular formula is C19H11F3N6. The second-order valence-corrected chi connectivity index (χ2v) is 6.01. The normalized spacial score (nSPS) is 11.5. The first-order chi connectivity index (χ1) is 13.4. The van der Waals surface area contributed by atoms with E-state index in [4.69, 9.17) is 5.73 Å². The van der Waals surface area contributed by atoms with Crippen LogP contribution in [0.5, 0.6) is 0 Å². The summed E-state index contributed by atoms with van der Waals surface area (Å²) in [6.07, 6.45) is -0.0711. The number of benzene rings is 1. The van der Waals surface area contributed by atoms with Crippen LogP contribution in [0.3, 0.4) is 0 Å². The Morgan fingerprint density at radius 3 is 2.57 bits per heavy atom. The summed E-state index contributed by atoms with van der Waals surface area (Å²) in [5.41, 5.74) is 7.28. The number of hydrogen-bond acceptors (Lipinski definition) is 5. The number of fused-ring (bicyclic) bond motifs is 1. The quantitative estimate of drug-likeness (QED) is 0.568. The number of alkyl halides is 3. The number of nitrogens with two attached hydrogens (primary N) is 1. The lowest BCUT2D eigenvalue weighted by atomic mass is 10.0. The van der Waals surface area contributed by atoms with E-state index < -0.39 is 11.9 Å². The van der Waals surface area contributed by atoms with E-state index in [0.29, 0.717) is 33.3 Å². The first-order valence-electron chi connectivity index (χ1n) is 8.04. The summed E-state index contributed by atoms with van der Waals surface area (Å²) in [5.74, 6) is -0.00318. The molecule has 28 heavy (non-hydrogen) atoms. The number of hydrogen-bond donors (Lipinski definition) is 1. The summed E-state index contributed by atoms with van der Waals surface area (Å²) in [4.78, 5) is 7.70. The molecule has 4 aromatic rings. The van der Waals surface area contributed by atoms with Crippen molar-refractivity contribution in [1.29, 1.82) is 5.26 Å². The molecule has 3 heterocycles. The van der Waals surface area contributed by atoms with Crippen molar-refractivity contribution in [2.45, 2.75) is 6.18 Å². The van der Waals surface area contributed by atoms with Gasteiger partial charge in [0, 0.05) is 23.3 Å². The maximum absolute atomic E-state index is 13.0. The van der Waals surface area contributed by atoms with Gasteiger partial charge in [-0.2, -0.15) is 23.5 Å². The lowest BCUT2D eigenvalue weighted by Gasteiger charge is -2.09. The van der Waals surface area contributed by atoms with E-state index in [1.807, 2.05) is 0 Å². The van der Waals surface area contributed by atoms with Crippen molar-refractivity contribution in [3.05, 3.63) is 66.2 Å². The third kappa shape index (κ3) is 3.01. The Morgan fingerprint density at radius 1 is 1.04 bits per heavy atom. The van der Waals surface area contributed by atoms with Crippen LogP contribution in [0, 0.1) is 11.3 Å². The molecule has 0 aliphatic rings. The van der Waals surface area contributed by atoms with Crippen LogP contribution < -0.4 is 5.73 Å². The van der Waals surface area contributed by atoms with Gasteiger partial charge >= 0.3 is 6.18 Å². The van der Waals surface area contributed by atoms with E-state index in [-0.39, 0.29) is 5.82 Å². The Labute approximate surface area is 156 Å². The molecule has 6 nitrogen and oxygen atoms in total. The van der Waals surface area contributed by atoms with E-state index >= 15 is 0 Å². The van der Waals surface area contributed by atoms with Crippen molar-refractivity contribution < 1.29 is 13.2 Å². The number of pyridine rings is 2. The summed E-state index contributed by atoms with van der Waals surface area (Å²) >= 11 is 0. The van der Waals surface area contributed by atoms with Crippen LogP contribution in [0.2, 0.25) is 0 Å².